The van der Waals surface area contributed by atoms with Gasteiger partial charge in [0.1, 0.15) is 5.56 Å². The van der Waals surface area contributed by atoms with E-state index in [0.717, 1.165) is 35.0 Å². The lowest BCUT2D eigenvalue weighted by atomic mass is 10.1. The van der Waals surface area contributed by atoms with E-state index in [1.165, 1.54) is 19.4 Å². The van der Waals surface area contributed by atoms with E-state index in [1.54, 1.807) is 4.90 Å². The molecule has 1 saturated heterocycles. The van der Waals surface area contributed by atoms with Crippen LogP contribution in [0, 0.1) is 0 Å². The lowest BCUT2D eigenvalue weighted by molar-refractivity contribution is -0.894. The Morgan fingerprint density at radius 3 is 2.68 bits per heavy atom. The molecule has 2 aliphatic heterocycles. The molecule has 0 saturated carbocycles. The molecule has 3 rings (SSSR count). The zero-order valence-corrected chi connectivity index (χ0v) is 14.5. The summed E-state index contributed by atoms with van der Waals surface area (Å²) in [6, 6.07) is 8.37. The summed E-state index contributed by atoms with van der Waals surface area (Å²) < 4.78 is 0. The number of hydrogen-bond acceptors (Lipinski definition) is 2. The Kier molecular flexibility index (Phi) is 7.00. The van der Waals surface area contributed by atoms with Gasteiger partial charge in [-0.3, -0.25) is 0 Å². The largest absolute Gasteiger partial charge is 1.00 e. The van der Waals surface area contributed by atoms with E-state index >= 15 is 0 Å². The van der Waals surface area contributed by atoms with Crippen LogP contribution >= 0.6 is 0 Å². The number of amidine groups is 1. The Balaban J connectivity index is 0.00000121. The number of amides is 1. The molecule has 0 spiro atoms. The molecule has 1 aromatic rings. The average Bonchev–Trinajstić information content (AvgIpc) is 2.84. The molecular weight excluding hydrogens is 321 g/mol. The van der Waals surface area contributed by atoms with Crippen LogP contribution in [0.3, 0.4) is 0 Å². The van der Waals surface area contributed by atoms with E-state index in [1.807, 2.05) is 31.2 Å². The van der Waals surface area contributed by atoms with Gasteiger partial charge in [0.05, 0.1) is 31.9 Å². The summed E-state index contributed by atoms with van der Waals surface area (Å²) in [5.74, 6) is 1.09. The maximum atomic E-state index is 12.6. The van der Waals surface area contributed by atoms with E-state index in [9.17, 15) is 4.79 Å². The number of nitrogens with one attached hydrogen (secondary N) is 2. The lowest BCUT2D eigenvalue weighted by Crippen LogP contribution is -3.18. The molecule has 1 amide bonds. The van der Waals surface area contributed by atoms with Crippen molar-refractivity contribution >= 4 is 17.4 Å². The van der Waals surface area contributed by atoms with Gasteiger partial charge < -0.3 is 29.7 Å². The van der Waals surface area contributed by atoms with E-state index in [-0.39, 0.29) is 30.7 Å². The second kappa shape index (κ2) is 8.06. The fraction of sp³-hybridized carbons (Fsp3) is 0.500. The quantitative estimate of drug-likeness (QED) is 0.563. The molecule has 2 N–H and O–H groups in total. The van der Waals surface area contributed by atoms with Crippen LogP contribution in [0.4, 0.5) is 5.69 Å². The van der Waals surface area contributed by atoms with Crippen molar-refractivity contribution in [2.24, 2.45) is 4.99 Å². The summed E-state index contributed by atoms with van der Waals surface area (Å²) >= 11 is 0. The Hall–Kier alpha value is -0.940. The van der Waals surface area contributed by atoms with E-state index in [2.05, 4.69) is 12.0 Å². The van der Waals surface area contributed by atoms with Gasteiger partial charge in [0.15, 0.2) is 0 Å². The highest BCUT2D eigenvalue weighted by Crippen LogP contribution is 2.19. The number of carbonyl (C=O) groups excluding carboxylic acids is 1. The number of benzene rings is 1. The van der Waals surface area contributed by atoms with Gasteiger partial charge >= 0.3 is 5.91 Å². The first-order chi connectivity index (χ1) is 9.66. The van der Waals surface area contributed by atoms with Crippen LogP contribution in [-0.4, -0.2) is 37.9 Å². The van der Waals surface area contributed by atoms with Gasteiger partial charge in [0.2, 0.25) is 5.84 Å². The van der Waals surface area contributed by atoms with Crippen molar-refractivity contribution in [3.05, 3.63) is 29.8 Å². The van der Waals surface area contributed by atoms with Crippen molar-refractivity contribution in [1.29, 1.82) is 0 Å². The topological polar surface area (TPSA) is 38.3 Å². The highest BCUT2D eigenvalue weighted by molar-refractivity contribution is 6.02. The van der Waals surface area contributed by atoms with Crippen molar-refractivity contribution in [1.82, 2.24) is 0 Å². The summed E-state index contributed by atoms with van der Waals surface area (Å²) in [4.78, 5) is 19.7. The third-order valence-corrected chi connectivity index (χ3v) is 4.71. The molecule has 1 fully saturated rings. The number of nitrogens with zero attached hydrogens (tertiary/aromatic N) is 1. The molecule has 2 heterocycles. The Morgan fingerprint density at radius 2 is 2.00 bits per heavy atom. The summed E-state index contributed by atoms with van der Waals surface area (Å²) in [6.07, 6.45) is 3.71. The maximum absolute atomic E-state index is 12.6. The molecule has 4 nitrogen and oxygen atoms in total. The zero-order valence-electron chi connectivity index (χ0n) is 13.0. The number of quaternary nitrogens is 2. The standard InChI is InChI=1S/C16H21N3O.2ClH/c1-12-17-15-8-4-3-7-14(15)16(20)19(12)11-9-13-6-5-10-18(13)2;;/h3-4,7-8,13H,5-6,9-11H2,1-2H3;2*1H. The minimum absolute atomic E-state index is 0. The predicted molar refractivity (Wildman–Crippen MR) is 78.8 cm³/mol. The van der Waals surface area contributed by atoms with E-state index < -0.39 is 0 Å². The van der Waals surface area contributed by atoms with E-state index in [0.29, 0.717) is 6.04 Å². The second-order valence-electron chi connectivity index (χ2n) is 6.00. The number of aliphatic imine (C=N–C) groups is 1. The number of hydrogen-bond donors (Lipinski definition) is 2. The van der Waals surface area contributed by atoms with Crippen LogP contribution < -0.4 is 34.6 Å². The first kappa shape index (κ1) is 19.1. The van der Waals surface area contributed by atoms with Crippen LogP contribution in [0.25, 0.3) is 0 Å². The smallest absolute Gasteiger partial charge is 0.352 e. The van der Waals surface area contributed by atoms with Crippen LogP contribution in [0.15, 0.2) is 29.3 Å². The zero-order chi connectivity index (χ0) is 14.1. The Labute approximate surface area is 144 Å². The molecule has 0 radical (unpaired) electrons. The van der Waals surface area contributed by atoms with Gasteiger partial charge in [-0.2, -0.15) is 4.99 Å². The fourth-order valence-electron chi connectivity index (χ4n) is 3.42. The van der Waals surface area contributed by atoms with Crippen LogP contribution in [0.1, 0.15) is 36.5 Å². The van der Waals surface area contributed by atoms with Crippen LogP contribution in [0.2, 0.25) is 0 Å². The molecule has 2 aliphatic rings. The molecule has 0 aliphatic carbocycles. The Bertz CT molecular complexity index is 562. The molecule has 3 unspecified atom stereocenters. The molecule has 6 heteroatoms. The maximum Gasteiger partial charge on any atom is 0.352 e. The summed E-state index contributed by atoms with van der Waals surface area (Å²) in [6.45, 7) is 4.10. The number of fused-ring (bicyclic) bond motifs is 1. The SMILES string of the molecule is CC1=Nc2ccccc2C(=O)[NH+]1CCC1CCC[NH+]1C.[Cl-].[Cl-]. The first-order valence-electron chi connectivity index (χ1n) is 7.54. The lowest BCUT2D eigenvalue weighted by Gasteiger charge is -2.23. The van der Waals surface area contributed by atoms with Crippen molar-refractivity contribution < 1.29 is 39.4 Å². The molecule has 122 valence electrons. The van der Waals surface area contributed by atoms with Crippen molar-refractivity contribution in [2.75, 3.05) is 20.1 Å². The molecule has 0 bridgehead atoms. The van der Waals surface area contributed by atoms with Gasteiger partial charge in [-0.1, -0.05) is 12.1 Å². The number of para-hydroxylation sites is 1. The monoisotopic (exact) mass is 343 g/mol. The third kappa shape index (κ3) is 3.69. The number of carbonyl (C=O) groups is 1. The van der Waals surface area contributed by atoms with Gasteiger partial charge in [-0.15, -0.1) is 0 Å². The summed E-state index contributed by atoms with van der Waals surface area (Å²) in [7, 11) is 2.27. The van der Waals surface area contributed by atoms with Crippen molar-refractivity contribution in [3.8, 4) is 0 Å². The van der Waals surface area contributed by atoms with Crippen LogP contribution in [-0.2, 0) is 0 Å². The Morgan fingerprint density at radius 1 is 1.27 bits per heavy atom. The van der Waals surface area contributed by atoms with Crippen molar-refractivity contribution in [2.45, 2.75) is 32.2 Å². The van der Waals surface area contributed by atoms with Gasteiger partial charge in [-0.25, -0.2) is 9.69 Å². The fourth-order valence-corrected chi connectivity index (χ4v) is 3.42. The van der Waals surface area contributed by atoms with Crippen LogP contribution in [0.5, 0.6) is 0 Å². The molecule has 0 aromatic heterocycles. The van der Waals surface area contributed by atoms with Gasteiger partial charge in [-0.05, 0) is 12.1 Å². The number of rotatable bonds is 3. The third-order valence-electron chi connectivity index (χ3n) is 4.71. The normalized spacial score (nSPS) is 26.5. The van der Waals surface area contributed by atoms with Crippen molar-refractivity contribution in [3.63, 3.8) is 0 Å². The highest BCUT2D eigenvalue weighted by Gasteiger charge is 2.33. The highest BCUT2D eigenvalue weighted by atomic mass is 35.5. The molecular formula is C16H23Cl2N3O. The number of likely N-dealkylation sites (tertiary alicyclic amines) is 1. The predicted octanol–water partition coefficient (Wildman–Crippen LogP) is -6.15. The summed E-state index contributed by atoms with van der Waals surface area (Å²) in [5, 5.41) is 0. The first-order valence-corrected chi connectivity index (χ1v) is 7.54. The summed E-state index contributed by atoms with van der Waals surface area (Å²) in [5.41, 5.74) is 1.59. The molecule has 3 atom stereocenters. The average molecular weight is 344 g/mol. The van der Waals surface area contributed by atoms with E-state index in [4.69, 9.17) is 0 Å². The second-order valence-corrected chi connectivity index (χ2v) is 6.00. The minimum Gasteiger partial charge on any atom is -1.00 e. The molecule has 22 heavy (non-hydrogen) atoms. The van der Waals surface area contributed by atoms with Gasteiger partial charge in [0, 0.05) is 26.2 Å². The minimum atomic E-state index is 0. The van der Waals surface area contributed by atoms with Gasteiger partial charge in [0.25, 0.3) is 0 Å². The molecule has 1 aromatic carbocycles. The number of halogens is 2.